The molecule has 0 aliphatic carbocycles. The van der Waals surface area contributed by atoms with Gasteiger partial charge in [-0.05, 0) is 30.0 Å². The van der Waals surface area contributed by atoms with E-state index in [2.05, 4.69) is 0 Å². The summed E-state index contributed by atoms with van der Waals surface area (Å²) in [6.45, 7) is 2.47. The molecule has 1 aromatic rings. The SMILES string of the molecule is COc1cccc([C@]2(N)C[C@H](C)COC2=O)c1. The quantitative estimate of drug-likeness (QED) is 0.788. The fourth-order valence-corrected chi connectivity index (χ4v) is 2.17. The Labute approximate surface area is 101 Å². The van der Waals surface area contributed by atoms with Gasteiger partial charge in [-0.15, -0.1) is 0 Å². The number of carbonyl (C=O) groups excluding carboxylic acids is 1. The van der Waals surface area contributed by atoms with Crippen molar-refractivity contribution >= 4 is 5.97 Å². The molecule has 0 unspecified atom stereocenters. The van der Waals surface area contributed by atoms with Crippen LogP contribution in [0.3, 0.4) is 0 Å². The number of rotatable bonds is 2. The Morgan fingerprint density at radius 3 is 3.00 bits per heavy atom. The summed E-state index contributed by atoms with van der Waals surface area (Å²) in [5.41, 5.74) is 5.90. The molecule has 0 amide bonds. The zero-order valence-corrected chi connectivity index (χ0v) is 10.1. The molecule has 17 heavy (non-hydrogen) atoms. The van der Waals surface area contributed by atoms with Crippen LogP contribution in [0.5, 0.6) is 5.75 Å². The third-order valence-electron chi connectivity index (χ3n) is 3.12. The van der Waals surface area contributed by atoms with Crippen molar-refractivity contribution in [2.75, 3.05) is 13.7 Å². The zero-order chi connectivity index (χ0) is 12.5. The van der Waals surface area contributed by atoms with Crippen LogP contribution in [-0.4, -0.2) is 19.7 Å². The highest BCUT2D eigenvalue weighted by molar-refractivity contribution is 5.83. The van der Waals surface area contributed by atoms with Gasteiger partial charge in [-0.2, -0.15) is 0 Å². The van der Waals surface area contributed by atoms with E-state index in [4.69, 9.17) is 15.2 Å². The molecule has 0 aromatic heterocycles. The molecule has 1 heterocycles. The molecule has 0 saturated carbocycles. The van der Waals surface area contributed by atoms with E-state index in [1.54, 1.807) is 13.2 Å². The van der Waals surface area contributed by atoms with Gasteiger partial charge in [-0.3, -0.25) is 0 Å². The van der Waals surface area contributed by atoms with Crippen molar-refractivity contribution in [1.29, 1.82) is 0 Å². The summed E-state index contributed by atoms with van der Waals surface area (Å²) in [4.78, 5) is 11.9. The highest BCUT2D eigenvalue weighted by Crippen LogP contribution is 2.33. The van der Waals surface area contributed by atoms with Gasteiger partial charge in [-0.1, -0.05) is 19.1 Å². The van der Waals surface area contributed by atoms with Gasteiger partial charge in [0.1, 0.15) is 11.3 Å². The van der Waals surface area contributed by atoms with Gasteiger partial charge in [0, 0.05) is 0 Å². The van der Waals surface area contributed by atoms with Gasteiger partial charge in [0.2, 0.25) is 0 Å². The van der Waals surface area contributed by atoms with Crippen LogP contribution in [0.25, 0.3) is 0 Å². The predicted molar refractivity (Wildman–Crippen MR) is 63.6 cm³/mol. The monoisotopic (exact) mass is 235 g/mol. The van der Waals surface area contributed by atoms with Crippen molar-refractivity contribution in [2.45, 2.75) is 18.9 Å². The molecule has 92 valence electrons. The lowest BCUT2D eigenvalue weighted by Crippen LogP contribution is -2.51. The molecule has 1 fully saturated rings. The standard InChI is InChI=1S/C13H17NO3/c1-9-7-13(14,12(15)17-8-9)10-4-3-5-11(6-10)16-2/h3-6,9H,7-8,14H2,1-2H3/t9-,13+/m0/s1. The van der Waals surface area contributed by atoms with E-state index >= 15 is 0 Å². The number of esters is 1. The van der Waals surface area contributed by atoms with Crippen LogP contribution in [-0.2, 0) is 15.1 Å². The largest absolute Gasteiger partial charge is 0.497 e. The Kier molecular flexibility index (Phi) is 3.07. The summed E-state index contributed by atoms with van der Waals surface area (Å²) in [5, 5.41) is 0. The molecular formula is C13H17NO3. The number of carbonyl (C=O) groups is 1. The predicted octanol–water partition coefficient (Wildman–Crippen LogP) is 1.43. The Bertz CT molecular complexity index is 432. The molecule has 4 heteroatoms. The fraction of sp³-hybridized carbons (Fsp3) is 0.462. The summed E-state index contributed by atoms with van der Waals surface area (Å²) >= 11 is 0. The normalized spacial score (nSPS) is 28.6. The number of cyclic esters (lactones) is 1. The van der Waals surface area contributed by atoms with E-state index in [1.165, 1.54) is 0 Å². The third-order valence-corrected chi connectivity index (χ3v) is 3.12. The Morgan fingerprint density at radius 1 is 1.53 bits per heavy atom. The number of benzene rings is 1. The van der Waals surface area contributed by atoms with Crippen LogP contribution < -0.4 is 10.5 Å². The number of nitrogens with two attached hydrogens (primary N) is 1. The number of ether oxygens (including phenoxy) is 2. The molecule has 1 aromatic carbocycles. The first-order chi connectivity index (χ1) is 8.06. The average molecular weight is 235 g/mol. The number of hydrogen-bond acceptors (Lipinski definition) is 4. The molecule has 0 bridgehead atoms. The van der Waals surface area contributed by atoms with E-state index < -0.39 is 5.54 Å². The first-order valence-electron chi connectivity index (χ1n) is 5.67. The Morgan fingerprint density at radius 2 is 2.29 bits per heavy atom. The highest BCUT2D eigenvalue weighted by Gasteiger charge is 2.42. The Balaban J connectivity index is 2.38. The Hall–Kier alpha value is -1.55. The minimum absolute atomic E-state index is 0.268. The first kappa shape index (κ1) is 11.9. The minimum atomic E-state index is -1.05. The maximum Gasteiger partial charge on any atom is 0.330 e. The molecule has 1 aliphatic heterocycles. The summed E-state index contributed by atoms with van der Waals surface area (Å²) < 4.78 is 10.3. The third kappa shape index (κ3) is 2.13. The van der Waals surface area contributed by atoms with Crippen molar-refractivity contribution < 1.29 is 14.3 Å². The fourth-order valence-electron chi connectivity index (χ4n) is 2.17. The van der Waals surface area contributed by atoms with Gasteiger partial charge in [0.15, 0.2) is 0 Å². The molecule has 2 N–H and O–H groups in total. The van der Waals surface area contributed by atoms with Gasteiger partial charge in [0.25, 0.3) is 0 Å². The maximum absolute atomic E-state index is 11.9. The molecule has 0 radical (unpaired) electrons. The molecule has 2 atom stereocenters. The maximum atomic E-state index is 11.9. The highest BCUT2D eigenvalue weighted by atomic mass is 16.5. The lowest BCUT2D eigenvalue weighted by molar-refractivity contribution is -0.158. The van der Waals surface area contributed by atoms with Crippen molar-refractivity contribution in [3.8, 4) is 5.75 Å². The van der Waals surface area contributed by atoms with Crippen LogP contribution in [0.2, 0.25) is 0 Å². The van der Waals surface area contributed by atoms with Crippen molar-refractivity contribution in [2.24, 2.45) is 11.7 Å². The second-order valence-corrected chi connectivity index (χ2v) is 4.61. The number of hydrogen-bond donors (Lipinski definition) is 1. The molecule has 4 nitrogen and oxygen atoms in total. The van der Waals surface area contributed by atoms with Crippen molar-refractivity contribution in [1.82, 2.24) is 0 Å². The van der Waals surface area contributed by atoms with Crippen LogP contribution >= 0.6 is 0 Å². The summed E-state index contributed by atoms with van der Waals surface area (Å²) in [5.74, 6) is 0.603. The summed E-state index contributed by atoms with van der Waals surface area (Å²) in [7, 11) is 1.59. The average Bonchev–Trinajstić information content (AvgIpc) is 2.34. The lowest BCUT2D eigenvalue weighted by atomic mass is 9.81. The van der Waals surface area contributed by atoms with Gasteiger partial charge in [-0.25, -0.2) is 4.79 Å². The van der Waals surface area contributed by atoms with Crippen LogP contribution in [0.15, 0.2) is 24.3 Å². The smallest absolute Gasteiger partial charge is 0.330 e. The molecule has 1 saturated heterocycles. The van der Waals surface area contributed by atoms with Crippen molar-refractivity contribution in [3.05, 3.63) is 29.8 Å². The van der Waals surface area contributed by atoms with Gasteiger partial charge >= 0.3 is 5.97 Å². The first-order valence-corrected chi connectivity index (χ1v) is 5.67. The van der Waals surface area contributed by atoms with E-state index in [0.29, 0.717) is 18.8 Å². The minimum Gasteiger partial charge on any atom is -0.497 e. The van der Waals surface area contributed by atoms with Crippen molar-refractivity contribution in [3.63, 3.8) is 0 Å². The summed E-state index contributed by atoms with van der Waals surface area (Å²) in [6.07, 6.45) is 0.596. The summed E-state index contributed by atoms with van der Waals surface area (Å²) in [6, 6.07) is 7.28. The second kappa shape index (κ2) is 4.37. The zero-order valence-electron chi connectivity index (χ0n) is 10.1. The van der Waals surface area contributed by atoms with Crippen LogP contribution in [0, 0.1) is 5.92 Å². The van der Waals surface area contributed by atoms with E-state index in [9.17, 15) is 4.79 Å². The second-order valence-electron chi connectivity index (χ2n) is 4.61. The van der Waals surface area contributed by atoms with Gasteiger partial charge in [0.05, 0.1) is 13.7 Å². The molecule has 2 rings (SSSR count). The van der Waals surface area contributed by atoms with Crippen LogP contribution in [0.4, 0.5) is 0 Å². The lowest BCUT2D eigenvalue weighted by Gasteiger charge is -2.35. The number of methoxy groups -OCH3 is 1. The topological polar surface area (TPSA) is 61.6 Å². The molecule has 0 spiro atoms. The van der Waals surface area contributed by atoms with E-state index in [-0.39, 0.29) is 11.9 Å². The van der Waals surface area contributed by atoms with E-state index in [0.717, 1.165) is 5.56 Å². The van der Waals surface area contributed by atoms with Gasteiger partial charge < -0.3 is 15.2 Å². The van der Waals surface area contributed by atoms with E-state index in [1.807, 2.05) is 25.1 Å². The van der Waals surface area contributed by atoms with Crippen LogP contribution in [0.1, 0.15) is 18.9 Å². The molecule has 1 aliphatic rings. The molecular weight excluding hydrogens is 218 g/mol.